The van der Waals surface area contributed by atoms with E-state index in [2.05, 4.69) is 10.6 Å². The number of nitrogens with one attached hydrogen (secondary N) is 2. The quantitative estimate of drug-likeness (QED) is 0.775. The summed E-state index contributed by atoms with van der Waals surface area (Å²) in [6.07, 6.45) is 1.53. The summed E-state index contributed by atoms with van der Waals surface area (Å²) < 4.78 is 0. The average molecular weight is 286 g/mol. The summed E-state index contributed by atoms with van der Waals surface area (Å²) in [6, 6.07) is 6.42. The van der Waals surface area contributed by atoms with Gasteiger partial charge in [0.05, 0.1) is 6.04 Å². The smallest absolute Gasteiger partial charge is 0.241 e. The Labute approximate surface area is 119 Å². The van der Waals surface area contributed by atoms with Gasteiger partial charge >= 0.3 is 0 Å². The summed E-state index contributed by atoms with van der Waals surface area (Å²) in [5.41, 5.74) is 7.06. The highest BCUT2D eigenvalue weighted by atomic mass is 35.5. The molecule has 1 aromatic rings. The van der Waals surface area contributed by atoms with Crippen molar-refractivity contribution in [3.05, 3.63) is 24.3 Å². The van der Waals surface area contributed by atoms with E-state index >= 15 is 0 Å². The van der Waals surface area contributed by atoms with E-state index in [0.717, 1.165) is 6.42 Å². The van der Waals surface area contributed by atoms with Gasteiger partial charge in [-0.15, -0.1) is 12.4 Å². The van der Waals surface area contributed by atoms with Crippen LogP contribution in [0.2, 0.25) is 0 Å². The lowest BCUT2D eigenvalue weighted by atomic mass is 10.1. The fourth-order valence-electron chi connectivity index (χ4n) is 1.52. The van der Waals surface area contributed by atoms with Gasteiger partial charge in [0.2, 0.25) is 11.8 Å². The zero-order chi connectivity index (χ0) is 13.5. The van der Waals surface area contributed by atoms with E-state index in [0.29, 0.717) is 17.8 Å². The van der Waals surface area contributed by atoms with Crippen LogP contribution in [0.15, 0.2) is 24.3 Å². The molecule has 19 heavy (non-hydrogen) atoms. The van der Waals surface area contributed by atoms with E-state index in [9.17, 15) is 9.59 Å². The lowest BCUT2D eigenvalue weighted by Crippen LogP contribution is -2.35. The minimum atomic E-state index is -0.481. The molecule has 0 aliphatic carbocycles. The number of carbonyl (C=O) groups is 2. The number of anilines is 2. The number of hydrogen-bond acceptors (Lipinski definition) is 3. The van der Waals surface area contributed by atoms with Crippen molar-refractivity contribution in [2.75, 3.05) is 10.6 Å². The molecule has 0 aromatic heterocycles. The molecule has 4 N–H and O–H groups in total. The summed E-state index contributed by atoms with van der Waals surface area (Å²) in [7, 11) is 0. The summed E-state index contributed by atoms with van der Waals surface area (Å²) >= 11 is 0. The molecule has 0 aliphatic heterocycles. The molecule has 2 amide bonds. The zero-order valence-electron chi connectivity index (χ0n) is 11.1. The molecule has 0 saturated carbocycles. The van der Waals surface area contributed by atoms with Crippen LogP contribution in [0, 0.1) is 0 Å². The van der Waals surface area contributed by atoms with Crippen molar-refractivity contribution in [3.63, 3.8) is 0 Å². The molecular formula is C13H20ClN3O2. The Kier molecular flexibility index (Phi) is 7.79. The molecule has 0 heterocycles. The fraction of sp³-hybridized carbons (Fsp3) is 0.385. The molecule has 1 rings (SSSR count). The number of amides is 2. The van der Waals surface area contributed by atoms with Crippen LogP contribution in [0.3, 0.4) is 0 Å². The number of nitrogens with two attached hydrogens (primary N) is 1. The maximum atomic E-state index is 11.7. The Balaban J connectivity index is 0.00000324. The lowest BCUT2D eigenvalue weighted by Gasteiger charge is -2.11. The molecule has 0 aliphatic rings. The first kappa shape index (κ1) is 17.4. The van der Waals surface area contributed by atoms with Crippen molar-refractivity contribution in [1.82, 2.24) is 0 Å². The number of hydrogen-bond donors (Lipinski definition) is 3. The molecule has 0 fully saturated rings. The summed E-state index contributed by atoms with van der Waals surface area (Å²) in [6.45, 7) is 3.43. The normalized spacial score (nSPS) is 11.1. The van der Waals surface area contributed by atoms with Crippen LogP contribution in [-0.2, 0) is 9.59 Å². The van der Waals surface area contributed by atoms with Crippen LogP contribution in [0.1, 0.15) is 26.7 Å². The van der Waals surface area contributed by atoms with E-state index in [1.807, 2.05) is 6.92 Å². The van der Waals surface area contributed by atoms with E-state index < -0.39 is 6.04 Å². The molecule has 1 aromatic carbocycles. The van der Waals surface area contributed by atoms with Crippen molar-refractivity contribution in [2.24, 2.45) is 5.73 Å². The van der Waals surface area contributed by atoms with Crippen molar-refractivity contribution < 1.29 is 9.59 Å². The van der Waals surface area contributed by atoms with E-state index in [-0.39, 0.29) is 24.2 Å². The molecule has 0 saturated heterocycles. The highest BCUT2D eigenvalue weighted by Gasteiger charge is 2.11. The highest BCUT2D eigenvalue weighted by Crippen LogP contribution is 2.13. The molecule has 0 radical (unpaired) electrons. The number of halogens is 1. The maximum Gasteiger partial charge on any atom is 0.241 e. The Hall–Kier alpha value is -1.59. The molecule has 5 nitrogen and oxygen atoms in total. The monoisotopic (exact) mass is 285 g/mol. The summed E-state index contributed by atoms with van der Waals surface area (Å²) in [4.78, 5) is 22.5. The topological polar surface area (TPSA) is 84.2 Å². The Morgan fingerprint density at radius 1 is 1.16 bits per heavy atom. The second-order valence-electron chi connectivity index (χ2n) is 4.14. The average Bonchev–Trinajstić information content (AvgIpc) is 2.31. The van der Waals surface area contributed by atoms with Crippen LogP contribution >= 0.6 is 12.4 Å². The van der Waals surface area contributed by atoms with Crippen molar-refractivity contribution in [1.29, 1.82) is 0 Å². The van der Waals surface area contributed by atoms with Gasteiger partial charge in [-0.1, -0.05) is 13.3 Å². The first-order valence-corrected chi connectivity index (χ1v) is 5.97. The van der Waals surface area contributed by atoms with Crippen LogP contribution in [-0.4, -0.2) is 17.9 Å². The molecule has 0 bridgehead atoms. The fourth-order valence-corrected chi connectivity index (χ4v) is 1.52. The van der Waals surface area contributed by atoms with Gasteiger partial charge < -0.3 is 16.4 Å². The van der Waals surface area contributed by atoms with Gasteiger partial charge in [-0.3, -0.25) is 9.59 Å². The predicted octanol–water partition coefficient (Wildman–Crippen LogP) is 2.13. The molecular weight excluding hydrogens is 266 g/mol. The van der Waals surface area contributed by atoms with E-state index in [1.54, 1.807) is 24.3 Å². The number of benzene rings is 1. The molecule has 1 atom stereocenters. The first-order chi connectivity index (χ1) is 8.52. The van der Waals surface area contributed by atoms with Crippen LogP contribution in [0.5, 0.6) is 0 Å². The molecule has 1 unspecified atom stereocenters. The molecule has 6 heteroatoms. The predicted molar refractivity (Wildman–Crippen MR) is 79.5 cm³/mol. The van der Waals surface area contributed by atoms with E-state index in [1.165, 1.54) is 6.92 Å². The molecule has 106 valence electrons. The highest BCUT2D eigenvalue weighted by molar-refractivity contribution is 5.95. The van der Waals surface area contributed by atoms with Crippen LogP contribution < -0.4 is 16.4 Å². The first-order valence-electron chi connectivity index (χ1n) is 5.97. The second-order valence-corrected chi connectivity index (χ2v) is 4.14. The second kappa shape index (κ2) is 8.50. The minimum Gasteiger partial charge on any atom is -0.326 e. The third kappa shape index (κ3) is 6.22. The SMILES string of the molecule is CCCC(N)C(=O)Nc1ccc(NC(C)=O)cc1.Cl. The lowest BCUT2D eigenvalue weighted by molar-refractivity contribution is -0.117. The van der Waals surface area contributed by atoms with Gasteiger partial charge in [0.15, 0.2) is 0 Å². The molecule has 0 spiro atoms. The minimum absolute atomic E-state index is 0. The Bertz CT molecular complexity index is 420. The van der Waals surface area contributed by atoms with Crippen molar-refractivity contribution in [2.45, 2.75) is 32.7 Å². The van der Waals surface area contributed by atoms with Crippen molar-refractivity contribution in [3.8, 4) is 0 Å². The van der Waals surface area contributed by atoms with Gasteiger partial charge in [-0.05, 0) is 30.7 Å². The van der Waals surface area contributed by atoms with Gasteiger partial charge in [-0.2, -0.15) is 0 Å². The standard InChI is InChI=1S/C13H19N3O2.ClH/c1-3-4-12(14)13(18)16-11-7-5-10(6-8-11)15-9(2)17;/h5-8,12H,3-4,14H2,1-2H3,(H,15,17)(H,16,18);1H. The zero-order valence-corrected chi connectivity index (χ0v) is 11.9. The number of rotatable bonds is 5. The third-order valence-electron chi connectivity index (χ3n) is 2.41. The summed E-state index contributed by atoms with van der Waals surface area (Å²) in [5.74, 6) is -0.319. The largest absolute Gasteiger partial charge is 0.326 e. The Morgan fingerprint density at radius 2 is 1.63 bits per heavy atom. The maximum absolute atomic E-state index is 11.7. The number of carbonyl (C=O) groups excluding carboxylic acids is 2. The summed E-state index contributed by atoms with van der Waals surface area (Å²) in [5, 5.41) is 5.38. The Morgan fingerprint density at radius 3 is 2.05 bits per heavy atom. The van der Waals surface area contributed by atoms with E-state index in [4.69, 9.17) is 5.73 Å². The third-order valence-corrected chi connectivity index (χ3v) is 2.41. The van der Waals surface area contributed by atoms with Crippen LogP contribution in [0.25, 0.3) is 0 Å². The van der Waals surface area contributed by atoms with Gasteiger partial charge in [0.1, 0.15) is 0 Å². The van der Waals surface area contributed by atoms with Crippen LogP contribution in [0.4, 0.5) is 11.4 Å². The van der Waals surface area contributed by atoms with Gasteiger partial charge in [0.25, 0.3) is 0 Å². The van der Waals surface area contributed by atoms with Gasteiger partial charge in [0, 0.05) is 18.3 Å². The van der Waals surface area contributed by atoms with Gasteiger partial charge in [-0.25, -0.2) is 0 Å². The van der Waals surface area contributed by atoms with Crippen molar-refractivity contribution >= 4 is 35.6 Å².